The highest BCUT2D eigenvalue weighted by Gasteiger charge is 2.34. The van der Waals surface area contributed by atoms with Gasteiger partial charge in [0.25, 0.3) is 0 Å². The number of piperidine rings is 1. The van der Waals surface area contributed by atoms with Gasteiger partial charge in [-0.2, -0.15) is 0 Å². The first-order chi connectivity index (χ1) is 9.95. The zero-order valence-corrected chi connectivity index (χ0v) is 13.2. The van der Waals surface area contributed by atoms with Crippen molar-refractivity contribution in [2.24, 2.45) is 5.92 Å². The molecule has 0 aromatic rings. The van der Waals surface area contributed by atoms with E-state index in [1.165, 1.54) is 4.90 Å². The van der Waals surface area contributed by atoms with Crippen molar-refractivity contribution < 1.29 is 19.4 Å². The van der Waals surface area contributed by atoms with E-state index in [-0.39, 0.29) is 6.03 Å². The fraction of sp³-hybridized carbons (Fsp3) is 0.857. The number of methoxy groups -OCH3 is 1. The topological polar surface area (TPSA) is 82.1 Å². The van der Waals surface area contributed by atoms with Gasteiger partial charge >= 0.3 is 12.0 Å². The number of amides is 2. The Balaban J connectivity index is 2.37. The van der Waals surface area contributed by atoms with Gasteiger partial charge in [0.15, 0.2) is 0 Å². The number of rotatable bonds is 7. The minimum absolute atomic E-state index is 0.283. The van der Waals surface area contributed by atoms with Gasteiger partial charge in [0.2, 0.25) is 0 Å². The third kappa shape index (κ3) is 5.89. The predicted octanol–water partition coefficient (Wildman–Crippen LogP) is 0.459. The largest absolute Gasteiger partial charge is 0.480 e. The van der Waals surface area contributed by atoms with Gasteiger partial charge in [0.1, 0.15) is 6.04 Å². The lowest BCUT2D eigenvalue weighted by Gasteiger charge is -2.36. The van der Waals surface area contributed by atoms with Crippen molar-refractivity contribution in [3.05, 3.63) is 0 Å². The first-order valence-electron chi connectivity index (χ1n) is 7.40. The number of hydrogen-bond donors (Lipinski definition) is 2. The van der Waals surface area contributed by atoms with Crippen LogP contribution in [0.25, 0.3) is 0 Å². The maximum absolute atomic E-state index is 12.1. The summed E-state index contributed by atoms with van der Waals surface area (Å²) in [4.78, 5) is 26.9. The highest BCUT2D eigenvalue weighted by molar-refractivity contribution is 5.82. The second kappa shape index (κ2) is 8.84. The number of urea groups is 1. The van der Waals surface area contributed by atoms with Crippen LogP contribution in [0.1, 0.15) is 19.8 Å². The van der Waals surface area contributed by atoms with Gasteiger partial charge < -0.3 is 25.0 Å². The molecule has 0 radical (unpaired) electrons. The molecule has 0 saturated carbocycles. The standard InChI is InChI=1S/C14H27N3O4/c1-11-4-6-17(12(10-11)13(18)19)14(20)15-5-7-16(2)8-9-21-3/h11-12H,4-10H2,1-3H3,(H,15,20)(H,18,19). The molecule has 2 unspecified atom stereocenters. The van der Waals surface area contributed by atoms with E-state index >= 15 is 0 Å². The number of carboxylic acids is 1. The van der Waals surface area contributed by atoms with Gasteiger partial charge in [0, 0.05) is 33.3 Å². The van der Waals surface area contributed by atoms with E-state index in [0.717, 1.165) is 13.0 Å². The third-order valence-corrected chi connectivity index (χ3v) is 3.86. The van der Waals surface area contributed by atoms with Crippen LogP contribution in [-0.2, 0) is 9.53 Å². The lowest BCUT2D eigenvalue weighted by molar-refractivity contribution is -0.143. The number of nitrogens with zero attached hydrogens (tertiary/aromatic N) is 2. The molecule has 0 aromatic carbocycles. The summed E-state index contributed by atoms with van der Waals surface area (Å²) >= 11 is 0. The van der Waals surface area contributed by atoms with Gasteiger partial charge in [-0.15, -0.1) is 0 Å². The van der Waals surface area contributed by atoms with Gasteiger partial charge in [-0.25, -0.2) is 9.59 Å². The molecule has 7 heteroatoms. The monoisotopic (exact) mass is 301 g/mol. The maximum atomic E-state index is 12.1. The summed E-state index contributed by atoms with van der Waals surface area (Å²) in [6.07, 6.45) is 1.38. The summed E-state index contributed by atoms with van der Waals surface area (Å²) in [6.45, 7) is 5.18. The molecule has 0 aromatic heterocycles. The molecule has 1 saturated heterocycles. The summed E-state index contributed by atoms with van der Waals surface area (Å²) in [5, 5.41) is 12.0. The van der Waals surface area contributed by atoms with E-state index in [4.69, 9.17) is 4.74 Å². The number of aliphatic carboxylic acids is 1. The Morgan fingerprint density at radius 1 is 1.43 bits per heavy atom. The van der Waals surface area contributed by atoms with Crippen LogP contribution in [0.4, 0.5) is 4.79 Å². The lowest BCUT2D eigenvalue weighted by atomic mass is 9.93. The highest BCUT2D eigenvalue weighted by atomic mass is 16.5. The molecule has 2 atom stereocenters. The van der Waals surface area contributed by atoms with Crippen LogP contribution in [-0.4, -0.2) is 79.9 Å². The number of hydrogen-bond acceptors (Lipinski definition) is 4. The fourth-order valence-electron chi connectivity index (χ4n) is 2.43. The molecule has 2 amide bonds. The second-order valence-electron chi connectivity index (χ2n) is 5.70. The van der Waals surface area contributed by atoms with Crippen molar-refractivity contribution in [3.63, 3.8) is 0 Å². The molecule has 0 spiro atoms. The Kier molecular flexibility index (Phi) is 7.45. The Hall–Kier alpha value is -1.34. The predicted molar refractivity (Wildman–Crippen MR) is 79.3 cm³/mol. The van der Waals surface area contributed by atoms with E-state index in [9.17, 15) is 14.7 Å². The van der Waals surface area contributed by atoms with Crippen molar-refractivity contribution in [3.8, 4) is 0 Å². The number of likely N-dealkylation sites (tertiary alicyclic amines) is 1. The van der Waals surface area contributed by atoms with E-state index in [1.807, 2.05) is 14.0 Å². The number of ether oxygens (including phenoxy) is 1. The van der Waals surface area contributed by atoms with Crippen LogP contribution in [0.2, 0.25) is 0 Å². The van der Waals surface area contributed by atoms with Gasteiger partial charge in [-0.1, -0.05) is 6.92 Å². The summed E-state index contributed by atoms with van der Waals surface area (Å²) in [5.41, 5.74) is 0. The fourth-order valence-corrected chi connectivity index (χ4v) is 2.43. The van der Waals surface area contributed by atoms with Crippen LogP contribution in [0.15, 0.2) is 0 Å². The van der Waals surface area contributed by atoms with E-state index in [1.54, 1.807) is 7.11 Å². The number of likely N-dealkylation sites (N-methyl/N-ethyl adjacent to an activating group) is 1. The second-order valence-corrected chi connectivity index (χ2v) is 5.70. The molecule has 1 aliphatic rings. The summed E-state index contributed by atoms with van der Waals surface area (Å²) in [5.74, 6) is -0.579. The zero-order valence-electron chi connectivity index (χ0n) is 13.2. The average molecular weight is 301 g/mol. The summed E-state index contributed by atoms with van der Waals surface area (Å²) < 4.78 is 4.98. The van der Waals surface area contributed by atoms with Gasteiger partial charge in [-0.3, -0.25) is 0 Å². The molecular weight excluding hydrogens is 274 g/mol. The molecule has 1 rings (SSSR count). The normalized spacial score (nSPS) is 22.4. The SMILES string of the molecule is COCCN(C)CCNC(=O)N1CCC(C)CC1C(=O)O. The van der Waals surface area contributed by atoms with Crippen LogP contribution in [0, 0.1) is 5.92 Å². The number of nitrogens with one attached hydrogen (secondary N) is 1. The lowest BCUT2D eigenvalue weighted by Crippen LogP contribution is -2.54. The molecule has 0 bridgehead atoms. The van der Waals surface area contributed by atoms with Crippen molar-refractivity contribution in [2.45, 2.75) is 25.8 Å². The molecule has 21 heavy (non-hydrogen) atoms. The Morgan fingerprint density at radius 2 is 2.14 bits per heavy atom. The molecule has 2 N–H and O–H groups in total. The van der Waals surface area contributed by atoms with Crippen LogP contribution in [0.3, 0.4) is 0 Å². The Labute approximate surface area is 126 Å². The number of carboxylic acid groups (broad SMARTS) is 1. The highest BCUT2D eigenvalue weighted by Crippen LogP contribution is 2.22. The Morgan fingerprint density at radius 3 is 2.76 bits per heavy atom. The molecule has 7 nitrogen and oxygen atoms in total. The van der Waals surface area contributed by atoms with E-state index in [0.29, 0.717) is 38.6 Å². The van der Waals surface area contributed by atoms with Gasteiger partial charge in [-0.05, 0) is 25.8 Å². The van der Waals surface area contributed by atoms with E-state index < -0.39 is 12.0 Å². The molecule has 1 heterocycles. The van der Waals surface area contributed by atoms with Crippen molar-refractivity contribution in [1.82, 2.24) is 15.1 Å². The minimum Gasteiger partial charge on any atom is -0.480 e. The van der Waals surface area contributed by atoms with Crippen LogP contribution >= 0.6 is 0 Å². The average Bonchev–Trinajstić information content (AvgIpc) is 2.44. The van der Waals surface area contributed by atoms with Crippen molar-refractivity contribution in [1.29, 1.82) is 0 Å². The van der Waals surface area contributed by atoms with Crippen molar-refractivity contribution >= 4 is 12.0 Å². The first kappa shape index (κ1) is 17.7. The smallest absolute Gasteiger partial charge is 0.326 e. The zero-order chi connectivity index (χ0) is 15.8. The van der Waals surface area contributed by atoms with Gasteiger partial charge in [0.05, 0.1) is 6.61 Å². The summed E-state index contributed by atoms with van der Waals surface area (Å²) in [6, 6.07) is -0.991. The van der Waals surface area contributed by atoms with Crippen LogP contribution < -0.4 is 5.32 Å². The van der Waals surface area contributed by atoms with E-state index in [2.05, 4.69) is 10.2 Å². The molecule has 0 aliphatic carbocycles. The quantitative estimate of drug-likeness (QED) is 0.714. The minimum atomic E-state index is -0.922. The number of carbonyl (C=O) groups excluding carboxylic acids is 1. The third-order valence-electron chi connectivity index (χ3n) is 3.86. The molecule has 1 fully saturated rings. The van der Waals surface area contributed by atoms with Crippen molar-refractivity contribution in [2.75, 3.05) is 46.9 Å². The summed E-state index contributed by atoms with van der Waals surface area (Å²) in [7, 11) is 3.60. The van der Waals surface area contributed by atoms with Crippen LogP contribution in [0.5, 0.6) is 0 Å². The molecule has 1 aliphatic heterocycles. The first-order valence-corrected chi connectivity index (χ1v) is 7.40. The molecule has 122 valence electrons. The Bertz CT molecular complexity index is 351. The molecular formula is C14H27N3O4. The number of carbonyl (C=O) groups is 2. The maximum Gasteiger partial charge on any atom is 0.326 e.